The van der Waals surface area contributed by atoms with Crippen LogP contribution in [0.25, 0.3) is 0 Å². The van der Waals surface area contributed by atoms with E-state index in [0.29, 0.717) is 5.92 Å². The van der Waals surface area contributed by atoms with Crippen molar-refractivity contribution in [2.24, 2.45) is 5.92 Å². The Bertz CT molecular complexity index is 136. The van der Waals surface area contributed by atoms with Crippen LogP contribution in [0.5, 0.6) is 0 Å². The van der Waals surface area contributed by atoms with Crippen LogP contribution in [0.4, 0.5) is 0 Å². The largest absolute Gasteiger partial charge is 0.393 e. The van der Waals surface area contributed by atoms with E-state index in [1.54, 1.807) is 0 Å². The lowest BCUT2D eigenvalue weighted by atomic mass is 10.00. The van der Waals surface area contributed by atoms with Gasteiger partial charge >= 0.3 is 0 Å². The first-order chi connectivity index (χ1) is 5.57. The van der Waals surface area contributed by atoms with Crippen LogP contribution in [0, 0.1) is 5.92 Å². The molecule has 0 aliphatic rings. The predicted molar refractivity (Wildman–Crippen MR) is 54.1 cm³/mol. The molecule has 1 heteroatoms. The molecule has 2 unspecified atom stereocenters. The molecule has 0 rings (SSSR count). The van der Waals surface area contributed by atoms with E-state index in [1.807, 2.05) is 6.92 Å². The highest BCUT2D eigenvalue weighted by Crippen LogP contribution is 2.12. The van der Waals surface area contributed by atoms with Gasteiger partial charge in [0.25, 0.3) is 0 Å². The van der Waals surface area contributed by atoms with E-state index in [0.717, 1.165) is 6.42 Å². The van der Waals surface area contributed by atoms with Gasteiger partial charge in [0.05, 0.1) is 6.10 Å². The molecule has 0 aliphatic heterocycles. The van der Waals surface area contributed by atoms with Gasteiger partial charge in [-0.05, 0) is 32.6 Å². The minimum atomic E-state index is -0.185. The monoisotopic (exact) mass is 170 g/mol. The second-order valence-corrected chi connectivity index (χ2v) is 3.75. The summed E-state index contributed by atoms with van der Waals surface area (Å²) in [5.74, 6) is 0.386. The lowest BCUT2D eigenvalue weighted by molar-refractivity contribution is 0.136. The Kier molecular flexibility index (Phi) is 6.09. The van der Waals surface area contributed by atoms with Crippen molar-refractivity contribution in [2.45, 2.75) is 53.1 Å². The molecule has 0 saturated heterocycles. The molecule has 0 aromatic rings. The maximum Gasteiger partial charge on any atom is 0.0540 e. The lowest BCUT2D eigenvalue weighted by Crippen LogP contribution is -2.11. The van der Waals surface area contributed by atoms with E-state index in [1.165, 1.54) is 18.4 Å². The van der Waals surface area contributed by atoms with Gasteiger partial charge in [-0.1, -0.05) is 31.9 Å². The first-order valence-electron chi connectivity index (χ1n) is 4.91. The highest BCUT2D eigenvalue weighted by molar-refractivity contribution is 4.98. The molecular weight excluding hydrogens is 148 g/mol. The maximum atomic E-state index is 9.23. The molecule has 1 N–H and O–H groups in total. The zero-order valence-corrected chi connectivity index (χ0v) is 8.80. The summed E-state index contributed by atoms with van der Waals surface area (Å²) in [7, 11) is 0. The Labute approximate surface area is 76.5 Å². The number of hydrogen-bond donors (Lipinski definition) is 1. The third kappa shape index (κ3) is 5.36. The Hall–Kier alpha value is -0.300. The molecule has 0 aliphatic carbocycles. The molecule has 0 bridgehead atoms. The highest BCUT2D eigenvalue weighted by atomic mass is 16.3. The highest BCUT2D eigenvalue weighted by Gasteiger charge is 2.05. The Morgan fingerprint density at radius 3 is 2.42 bits per heavy atom. The Morgan fingerprint density at radius 1 is 1.42 bits per heavy atom. The van der Waals surface area contributed by atoms with E-state index in [4.69, 9.17) is 0 Å². The molecule has 2 atom stereocenters. The van der Waals surface area contributed by atoms with Gasteiger partial charge < -0.3 is 5.11 Å². The van der Waals surface area contributed by atoms with Crippen molar-refractivity contribution in [1.82, 2.24) is 0 Å². The summed E-state index contributed by atoms with van der Waals surface area (Å²) in [6.45, 7) is 8.29. The van der Waals surface area contributed by atoms with Gasteiger partial charge in [-0.15, -0.1) is 0 Å². The molecule has 0 fully saturated rings. The number of hydrogen-bond acceptors (Lipinski definition) is 1. The summed E-state index contributed by atoms with van der Waals surface area (Å²) in [6, 6.07) is 0. The van der Waals surface area contributed by atoms with Crippen LogP contribution in [0.3, 0.4) is 0 Å². The van der Waals surface area contributed by atoms with Crippen LogP contribution in [0.2, 0.25) is 0 Å². The van der Waals surface area contributed by atoms with Crippen molar-refractivity contribution in [2.75, 3.05) is 0 Å². The van der Waals surface area contributed by atoms with Crippen molar-refractivity contribution < 1.29 is 5.11 Å². The molecule has 12 heavy (non-hydrogen) atoms. The second-order valence-electron chi connectivity index (χ2n) is 3.75. The molecule has 0 spiro atoms. The van der Waals surface area contributed by atoms with Gasteiger partial charge in [0.15, 0.2) is 0 Å². The summed E-state index contributed by atoms with van der Waals surface area (Å²) >= 11 is 0. The van der Waals surface area contributed by atoms with Crippen molar-refractivity contribution >= 4 is 0 Å². The summed E-state index contributed by atoms with van der Waals surface area (Å²) in [4.78, 5) is 0. The minimum absolute atomic E-state index is 0.185. The van der Waals surface area contributed by atoms with Gasteiger partial charge in [0, 0.05) is 0 Å². The van der Waals surface area contributed by atoms with Crippen molar-refractivity contribution in [3.05, 3.63) is 11.6 Å². The van der Waals surface area contributed by atoms with Crippen molar-refractivity contribution in [3.63, 3.8) is 0 Å². The third-order valence-corrected chi connectivity index (χ3v) is 2.31. The minimum Gasteiger partial charge on any atom is -0.393 e. The molecule has 0 amide bonds. The average Bonchev–Trinajstić information content (AvgIpc) is 2.00. The topological polar surface area (TPSA) is 20.2 Å². The molecule has 0 aromatic heterocycles. The van der Waals surface area contributed by atoms with Crippen LogP contribution < -0.4 is 0 Å². The average molecular weight is 170 g/mol. The zero-order chi connectivity index (χ0) is 9.56. The van der Waals surface area contributed by atoms with E-state index >= 15 is 0 Å². The fraction of sp³-hybridized carbons (Fsp3) is 0.818. The first kappa shape index (κ1) is 11.7. The first-order valence-corrected chi connectivity index (χ1v) is 4.91. The lowest BCUT2D eigenvalue weighted by Gasteiger charge is -2.12. The van der Waals surface area contributed by atoms with Crippen LogP contribution in [-0.2, 0) is 0 Å². The molecule has 0 saturated carbocycles. The SMILES string of the molecule is CCC/C(C)=C/CC(C)C(C)O. The summed E-state index contributed by atoms with van der Waals surface area (Å²) < 4.78 is 0. The fourth-order valence-corrected chi connectivity index (χ4v) is 1.08. The smallest absolute Gasteiger partial charge is 0.0540 e. The summed E-state index contributed by atoms with van der Waals surface area (Å²) in [5, 5.41) is 9.23. The van der Waals surface area contributed by atoms with Crippen LogP contribution in [0.1, 0.15) is 47.0 Å². The predicted octanol–water partition coefficient (Wildman–Crippen LogP) is 3.14. The summed E-state index contributed by atoms with van der Waals surface area (Å²) in [5.41, 5.74) is 1.45. The van der Waals surface area contributed by atoms with Crippen molar-refractivity contribution in [3.8, 4) is 0 Å². The van der Waals surface area contributed by atoms with Crippen molar-refractivity contribution in [1.29, 1.82) is 0 Å². The number of aliphatic hydroxyl groups is 1. The van der Waals surface area contributed by atoms with E-state index < -0.39 is 0 Å². The number of aliphatic hydroxyl groups excluding tert-OH is 1. The Morgan fingerprint density at radius 2 is 2.00 bits per heavy atom. The molecule has 0 heterocycles. The molecule has 0 aromatic carbocycles. The summed E-state index contributed by atoms with van der Waals surface area (Å²) in [6.07, 6.45) is 5.47. The molecule has 1 nitrogen and oxygen atoms in total. The second kappa shape index (κ2) is 6.24. The van der Waals surface area contributed by atoms with Gasteiger partial charge in [0.2, 0.25) is 0 Å². The van der Waals surface area contributed by atoms with E-state index in [-0.39, 0.29) is 6.10 Å². The van der Waals surface area contributed by atoms with Crippen LogP contribution in [-0.4, -0.2) is 11.2 Å². The van der Waals surface area contributed by atoms with Gasteiger partial charge in [-0.2, -0.15) is 0 Å². The quantitative estimate of drug-likeness (QED) is 0.628. The number of rotatable bonds is 5. The van der Waals surface area contributed by atoms with Crippen LogP contribution >= 0.6 is 0 Å². The normalized spacial score (nSPS) is 17.6. The Balaban J connectivity index is 3.71. The van der Waals surface area contributed by atoms with E-state index in [9.17, 15) is 5.11 Å². The molecular formula is C11H22O. The maximum absolute atomic E-state index is 9.23. The van der Waals surface area contributed by atoms with Gasteiger partial charge in [-0.25, -0.2) is 0 Å². The number of allylic oxidation sites excluding steroid dienone is 2. The zero-order valence-electron chi connectivity index (χ0n) is 8.80. The van der Waals surface area contributed by atoms with Gasteiger partial charge in [-0.3, -0.25) is 0 Å². The standard InChI is InChI=1S/C11H22O/c1-5-6-9(2)7-8-10(3)11(4)12/h7,10-12H,5-6,8H2,1-4H3/b9-7+. The molecule has 0 radical (unpaired) electrons. The van der Waals surface area contributed by atoms with E-state index in [2.05, 4.69) is 26.8 Å². The molecule has 72 valence electrons. The fourth-order valence-electron chi connectivity index (χ4n) is 1.08. The third-order valence-electron chi connectivity index (χ3n) is 2.31. The van der Waals surface area contributed by atoms with Gasteiger partial charge in [0.1, 0.15) is 0 Å². The van der Waals surface area contributed by atoms with Crippen LogP contribution in [0.15, 0.2) is 11.6 Å².